The molecule has 3 heterocycles. The van der Waals surface area contributed by atoms with E-state index in [-0.39, 0.29) is 30.1 Å². The third-order valence-electron chi connectivity index (χ3n) is 7.39. The molecule has 1 saturated carbocycles. The molecule has 2 bridgehead atoms. The fraction of sp³-hybridized carbons (Fsp3) is 0.560. The van der Waals surface area contributed by atoms with Crippen molar-refractivity contribution in [2.75, 3.05) is 54.8 Å². The minimum atomic E-state index is -4.59. The molecule has 2 aliphatic heterocycles. The molecule has 3 N–H and O–H groups in total. The largest absolute Gasteiger partial charge is 0.421 e. The van der Waals surface area contributed by atoms with E-state index in [1.807, 2.05) is 18.2 Å². The Balaban J connectivity index is 1.22. The van der Waals surface area contributed by atoms with Crippen LogP contribution in [0.5, 0.6) is 0 Å². The predicted octanol–water partition coefficient (Wildman–Crippen LogP) is 4.61. The van der Waals surface area contributed by atoms with Crippen molar-refractivity contribution in [2.24, 2.45) is 5.92 Å². The fourth-order valence-electron chi connectivity index (χ4n) is 5.05. The first-order chi connectivity index (χ1) is 17.8. The van der Waals surface area contributed by atoms with Crippen molar-refractivity contribution in [3.05, 3.63) is 34.4 Å². The molecule has 2 aromatic rings. The van der Waals surface area contributed by atoms with Crippen LogP contribution in [0, 0.1) is 5.92 Å². The first-order valence-electron chi connectivity index (χ1n) is 12.8. The number of halogens is 4. The average Bonchev–Trinajstić information content (AvgIpc) is 3.19. The van der Waals surface area contributed by atoms with Crippen molar-refractivity contribution < 1.29 is 18.0 Å². The summed E-state index contributed by atoms with van der Waals surface area (Å²) in [6.07, 6.45) is 0.717. The molecule has 200 valence electrons. The summed E-state index contributed by atoms with van der Waals surface area (Å²) in [5, 5.41) is 8.66. The molecule has 3 aliphatic rings. The molecule has 3 fully saturated rings. The number of fused-ring (bicyclic) bond motifs is 2. The Morgan fingerprint density at radius 3 is 2.70 bits per heavy atom. The molecule has 2 unspecified atom stereocenters. The van der Waals surface area contributed by atoms with Gasteiger partial charge in [-0.25, -0.2) is 4.98 Å². The maximum absolute atomic E-state index is 13.6. The van der Waals surface area contributed by atoms with E-state index in [0.717, 1.165) is 68.2 Å². The number of amides is 1. The van der Waals surface area contributed by atoms with Gasteiger partial charge in [0.2, 0.25) is 11.9 Å². The lowest BCUT2D eigenvalue weighted by Gasteiger charge is -2.36. The van der Waals surface area contributed by atoms with E-state index in [9.17, 15) is 18.0 Å². The summed E-state index contributed by atoms with van der Waals surface area (Å²) in [5.41, 5.74) is 0.851. The molecular formula is C25H31BrF3N7O. The van der Waals surface area contributed by atoms with Crippen LogP contribution in [0.2, 0.25) is 0 Å². The van der Waals surface area contributed by atoms with Crippen molar-refractivity contribution in [3.8, 4) is 0 Å². The average molecular weight is 582 g/mol. The smallest absolute Gasteiger partial charge is 0.369 e. The van der Waals surface area contributed by atoms with E-state index in [1.165, 1.54) is 0 Å². The molecule has 1 aliphatic carbocycles. The Morgan fingerprint density at radius 2 is 1.97 bits per heavy atom. The summed E-state index contributed by atoms with van der Waals surface area (Å²) in [4.78, 5) is 24.9. The van der Waals surface area contributed by atoms with E-state index < -0.39 is 11.7 Å². The van der Waals surface area contributed by atoms with Gasteiger partial charge in [-0.1, -0.05) is 6.42 Å². The van der Waals surface area contributed by atoms with E-state index >= 15 is 0 Å². The number of alkyl halides is 3. The molecule has 1 aromatic carbocycles. The van der Waals surface area contributed by atoms with Crippen LogP contribution < -0.4 is 20.9 Å². The lowest BCUT2D eigenvalue weighted by atomic mass is 9.85. The molecular weight excluding hydrogens is 551 g/mol. The Bertz CT molecular complexity index is 1130. The highest BCUT2D eigenvalue weighted by molar-refractivity contribution is 9.10. The van der Waals surface area contributed by atoms with E-state index in [2.05, 4.69) is 51.6 Å². The van der Waals surface area contributed by atoms with Crippen LogP contribution in [0.25, 0.3) is 0 Å². The number of rotatable bonds is 9. The van der Waals surface area contributed by atoms with Gasteiger partial charge in [-0.05, 0) is 59.8 Å². The summed E-state index contributed by atoms with van der Waals surface area (Å²) in [5.74, 6) is -0.117. The number of hydrogen-bond donors (Lipinski definition) is 3. The van der Waals surface area contributed by atoms with Crippen molar-refractivity contribution in [1.29, 1.82) is 0 Å². The second-order valence-electron chi connectivity index (χ2n) is 9.88. The van der Waals surface area contributed by atoms with Gasteiger partial charge < -0.3 is 20.9 Å². The molecule has 5 rings (SSSR count). The SMILES string of the molecule is O=C(NCCCNc1nc(Nc2ccc(N3CCN4CCC3C4)cc2Br)ncc1C(F)(F)F)C1CCC1. The summed E-state index contributed by atoms with van der Waals surface area (Å²) in [7, 11) is 0. The zero-order valence-electron chi connectivity index (χ0n) is 20.5. The van der Waals surface area contributed by atoms with Gasteiger partial charge in [0.15, 0.2) is 0 Å². The third-order valence-corrected chi connectivity index (χ3v) is 8.05. The van der Waals surface area contributed by atoms with Crippen molar-refractivity contribution in [2.45, 2.75) is 44.3 Å². The van der Waals surface area contributed by atoms with Crippen LogP contribution in [-0.2, 0) is 11.0 Å². The number of nitrogens with zero attached hydrogens (tertiary/aromatic N) is 4. The van der Waals surface area contributed by atoms with Gasteiger partial charge in [-0.2, -0.15) is 18.2 Å². The van der Waals surface area contributed by atoms with Gasteiger partial charge in [0, 0.05) is 67.6 Å². The van der Waals surface area contributed by atoms with Crippen LogP contribution in [0.3, 0.4) is 0 Å². The quantitative estimate of drug-likeness (QED) is 0.373. The minimum Gasteiger partial charge on any atom is -0.369 e. The highest BCUT2D eigenvalue weighted by Crippen LogP contribution is 2.36. The Labute approximate surface area is 222 Å². The molecule has 0 spiro atoms. The van der Waals surface area contributed by atoms with Crippen LogP contribution >= 0.6 is 15.9 Å². The number of piperazine rings is 1. The van der Waals surface area contributed by atoms with Gasteiger partial charge in [0.25, 0.3) is 0 Å². The van der Waals surface area contributed by atoms with Crippen molar-refractivity contribution >= 4 is 45.0 Å². The number of anilines is 4. The van der Waals surface area contributed by atoms with E-state index in [4.69, 9.17) is 0 Å². The van der Waals surface area contributed by atoms with Gasteiger partial charge >= 0.3 is 6.18 Å². The lowest BCUT2D eigenvalue weighted by Crippen LogP contribution is -2.46. The third kappa shape index (κ3) is 6.11. The molecule has 8 nitrogen and oxygen atoms in total. The second kappa shape index (κ2) is 11.0. The fourth-order valence-corrected chi connectivity index (χ4v) is 5.52. The monoisotopic (exact) mass is 581 g/mol. The molecule has 37 heavy (non-hydrogen) atoms. The molecule has 12 heteroatoms. The highest BCUT2D eigenvalue weighted by atomic mass is 79.9. The van der Waals surface area contributed by atoms with Gasteiger partial charge in [0.1, 0.15) is 11.4 Å². The number of carbonyl (C=O) groups excluding carboxylic acids is 1. The first-order valence-corrected chi connectivity index (χ1v) is 13.6. The number of hydrogen-bond acceptors (Lipinski definition) is 7. The summed E-state index contributed by atoms with van der Waals surface area (Å²) < 4.78 is 41.5. The normalized spacial score (nSPS) is 21.5. The zero-order valence-corrected chi connectivity index (χ0v) is 22.0. The highest BCUT2D eigenvalue weighted by Gasteiger charge is 2.35. The van der Waals surface area contributed by atoms with Crippen LogP contribution in [0.4, 0.5) is 36.3 Å². The van der Waals surface area contributed by atoms with Gasteiger partial charge in [-0.3, -0.25) is 9.69 Å². The number of benzene rings is 1. The van der Waals surface area contributed by atoms with Crippen LogP contribution in [-0.4, -0.2) is 66.1 Å². The Morgan fingerprint density at radius 1 is 1.14 bits per heavy atom. The summed E-state index contributed by atoms with van der Waals surface area (Å²) >= 11 is 3.59. The van der Waals surface area contributed by atoms with Crippen molar-refractivity contribution in [3.63, 3.8) is 0 Å². The minimum absolute atomic E-state index is 0.0258. The second-order valence-corrected chi connectivity index (χ2v) is 10.7. The maximum atomic E-state index is 13.6. The number of carbonyl (C=O) groups is 1. The van der Waals surface area contributed by atoms with Gasteiger partial charge in [-0.15, -0.1) is 0 Å². The molecule has 2 saturated heterocycles. The topological polar surface area (TPSA) is 85.4 Å². The van der Waals surface area contributed by atoms with E-state index in [1.54, 1.807) is 0 Å². The summed E-state index contributed by atoms with van der Waals surface area (Å²) in [6, 6.07) is 6.44. The predicted molar refractivity (Wildman–Crippen MR) is 140 cm³/mol. The van der Waals surface area contributed by atoms with Crippen molar-refractivity contribution in [1.82, 2.24) is 20.2 Å². The van der Waals surface area contributed by atoms with Crippen LogP contribution in [0.1, 0.15) is 37.7 Å². The Hall–Kier alpha value is -2.60. The first kappa shape index (κ1) is 26.0. The van der Waals surface area contributed by atoms with Gasteiger partial charge in [0.05, 0.1) is 5.69 Å². The lowest BCUT2D eigenvalue weighted by molar-refractivity contribution is -0.137. The number of nitrogens with one attached hydrogen (secondary N) is 3. The van der Waals surface area contributed by atoms with Crippen LogP contribution in [0.15, 0.2) is 28.9 Å². The summed E-state index contributed by atoms with van der Waals surface area (Å²) in [6.45, 7) is 4.88. The standard InChI is InChI=1S/C25H31BrF3N7O/c26-20-13-17(36-12-11-35-10-7-18(36)15-35)5-6-21(20)33-24-32-14-19(25(27,28)29)22(34-24)30-8-2-9-31-23(37)16-3-1-4-16/h5-6,13-14,16,18H,1-4,7-12,15H2,(H,31,37)(H2,30,32,33,34). The zero-order chi connectivity index (χ0) is 26.0. The molecule has 1 amide bonds. The molecule has 2 atom stereocenters. The molecule has 1 aromatic heterocycles. The van der Waals surface area contributed by atoms with E-state index in [0.29, 0.717) is 24.7 Å². The Kier molecular flexibility index (Phi) is 7.75. The molecule has 0 radical (unpaired) electrons. The number of aromatic nitrogens is 2. The maximum Gasteiger partial charge on any atom is 0.421 e.